The van der Waals surface area contributed by atoms with Gasteiger partial charge in [0.15, 0.2) is 0 Å². The molecule has 0 aromatic heterocycles. The molecule has 0 spiro atoms. The molecule has 20 heavy (non-hydrogen) atoms. The number of nitrogens with two attached hydrogens (primary N) is 2. The molecule has 1 aromatic carbocycles. The minimum atomic E-state index is -0.525. The summed E-state index contributed by atoms with van der Waals surface area (Å²) in [5.41, 5.74) is 12.3. The lowest BCUT2D eigenvalue weighted by Gasteiger charge is -2.32. The van der Waals surface area contributed by atoms with E-state index in [1.807, 2.05) is 30.3 Å². The normalized spacial score (nSPS) is 17.8. The quantitative estimate of drug-likeness (QED) is 0.827. The number of likely N-dealkylation sites (tertiary alicyclic amines) is 1. The Bertz CT molecular complexity index is 467. The Labute approximate surface area is 118 Å². The lowest BCUT2D eigenvalue weighted by molar-refractivity contribution is -0.136. The fourth-order valence-electron chi connectivity index (χ4n) is 2.57. The number of carbonyl (C=O) groups excluding carboxylic acids is 2. The van der Waals surface area contributed by atoms with Gasteiger partial charge in [0, 0.05) is 19.0 Å². The first-order valence-corrected chi connectivity index (χ1v) is 6.95. The van der Waals surface area contributed by atoms with Crippen LogP contribution in [0.15, 0.2) is 30.3 Å². The second kappa shape index (κ2) is 6.52. The molecule has 0 radical (unpaired) electrons. The molecule has 1 saturated heterocycles. The smallest absolute Gasteiger partial charge is 0.239 e. The van der Waals surface area contributed by atoms with Gasteiger partial charge in [-0.25, -0.2) is 0 Å². The maximum absolute atomic E-state index is 12.3. The maximum atomic E-state index is 12.3. The zero-order chi connectivity index (χ0) is 14.5. The standard InChI is InChI=1S/C15H21N3O2/c16-13(10-11-4-2-1-3-5-11)15(20)18-8-6-12(7-9-18)14(17)19/h1-5,12-13H,6-10,16H2,(H2,17,19). The van der Waals surface area contributed by atoms with E-state index in [0.717, 1.165) is 5.56 Å². The molecule has 2 rings (SSSR count). The summed E-state index contributed by atoms with van der Waals surface area (Å²) >= 11 is 0. The van der Waals surface area contributed by atoms with Crippen LogP contribution in [-0.2, 0) is 16.0 Å². The van der Waals surface area contributed by atoms with Crippen LogP contribution in [0.4, 0.5) is 0 Å². The van der Waals surface area contributed by atoms with Crippen LogP contribution in [0.2, 0.25) is 0 Å². The van der Waals surface area contributed by atoms with Gasteiger partial charge in [-0.15, -0.1) is 0 Å². The summed E-state index contributed by atoms with van der Waals surface area (Å²) in [6.45, 7) is 1.13. The topological polar surface area (TPSA) is 89.4 Å². The van der Waals surface area contributed by atoms with E-state index in [-0.39, 0.29) is 17.7 Å². The SMILES string of the molecule is NC(=O)C1CCN(C(=O)C(N)Cc2ccccc2)CC1. The van der Waals surface area contributed by atoms with Gasteiger partial charge in [0.25, 0.3) is 0 Å². The summed E-state index contributed by atoms with van der Waals surface area (Å²) in [5.74, 6) is -0.424. The average Bonchev–Trinajstić information content (AvgIpc) is 2.47. The van der Waals surface area contributed by atoms with Crippen LogP contribution in [0, 0.1) is 5.92 Å². The molecule has 1 aliphatic heterocycles. The van der Waals surface area contributed by atoms with Crippen molar-refractivity contribution in [2.24, 2.45) is 17.4 Å². The second-order valence-electron chi connectivity index (χ2n) is 5.30. The van der Waals surface area contributed by atoms with Crippen molar-refractivity contribution in [2.75, 3.05) is 13.1 Å². The highest BCUT2D eigenvalue weighted by Crippen LogP contribution is 2.17. The third kappa shape index (κ3) is 3.57. The van der Waals surface area contributed by atoms with E-state index in [1.54, 1.807) is 4.90 Å². The third-order valence-corrected chi connectivity index (χ3v) is 3.82. The minimum Gasteiger partial charge on any atom is -0.369 e. The van der Waals surface area contributed by atoms with Gasteiger partial charge in [-0.1, -0.05) is 30.3 Å². The highest BCUT2D eigenvalue weighted by atomic mass is 16.2. The number of amides is 2. The van der Waals surface area contributed by atoms with Gasteiger partial charge in [0.1, 0.15) is 0 Å². The number of hydrogen-bond acceptors (Lipinski definition) is 3. The Kier molecular flexibility index (Phi) is 4.74. The van der Waals surface area contributed by atoms with Crippen LogP contribution >= 0.6 is 0 Å². The summed E-state index contributed by atoms with van der Waals surface area (Å²) in [4.78, 5) is 25.1. The Balaban J connectivity index is 1.87. The maximum Gasteiger partial charge on any atom is 0.239 e. The fraction of sp³-hybridized carbons (Fsp3) is 0.467. The monoisotopic (exact) mass is 275 g/mol. The Morgan fingerprint density at radius 2 is 1.80 bits per heavy atom. The first-order valence-electron chi connectivity index (χ1n) is 6.95. The first kappa shape index (κ1) is 14.5. The predicted octanol–water partition coefficient (Wildman–Crippen LogP) is 0.280. The van der Waals surface area contributed by atoms with E-state index in [2.05, 4.69) is 0 Å². The van der Waals surface area contributed by atoms with Crippen LogP contribution in [-0.4, -0.2) is 35.8 Å². The summed E-state index contributed by atoms with van der Waals surface area (Å²) in [7, 11) is 0. The Morgan fingerprint density at radius 1 is 1.20 bits per heavy atom. The van der Waals surface area contributed by atoms with Crippen LogP contribution < -0.4 is 11.5 Å². The molecule has 0 saturated carbocycles. The van der Waals surface area contributed by atoms with Crippen LogP contribution in [0.1, 0.15) is 18.4 Å². The molecule has 108 valence electrons. The zero-order valence-corrected chi connectivity index (χ0v) is 11.5. The van der Waals surface area contributed by atoms with Crippen molar-refractivity contribution in [3.63, 3.8) is 0 Å². The van der Waals surface area contributed by atoms with Crippen molar-refractivity contribution in [3.05, 3.63) is 35.9 Å². The number of rotatable bonds is 4. The summed E-state index contributed by atoms with van der Waals surface area (Å²) < 4.78 is 0. The zero-order valence-electron chi connectivity index (χ0n) is 11.5. The Hall–Kier alpha value is -1.88. The predicted molar refractivity (Wildman–Crippen MR) is 76.6 cm³/mol. The molecule has 1 fully saturated rings. The summed E-state index contributed by atoms with van der Waals surface area (Å²) in [6.07, 6.45) is 1.81. The molecule has 0 aliphatic carbocycles. The molecule has 1 aliphatic rings. The van der Waals surface area contributed by atoms with Crippen LogP contribution in [0.3, 0.4) is 0 Å². The first-order chi connectivity index (χ1) is 9.58. The second-order valence-corrected chi connectivity index (χ2v) is 5.30. The van der Waals surface area contributed by atoms with E-state index in [4.69, 9.17) is 11.5 Å². The van der Waals surface area contributed by atoms with Crippen LogP contribution in [0.5, 0.6) is 0 Å². The van der Waals surface area contributed by atoms with E-state index < -0.39 is 6.04 Å². The van der Waals surface area contributed by atoms with Gasteiger partial charge < -0.3 is 16.4 Å². The van der Waals surface area contributed by atoms with E-state index in [0.29, 0.717) is 32.4 Å². The lowest BCUT2D eigenvalue weighted by Crippen LogP contribution is -2.49. The molecule has 5 nitrogen and oxygen atoms in total. The molecule has 0 bridgehead atoms. The number of piperidine rings is 1. The van der Waals surface area contributed by atoms with Crippen molar-refractivity contribution >= 4 is 11.8 Å². The van der Waals surface area contributed by atoms with Gasteiger partial charge in [0.05, 0.1) is 6.04 Å². The summed E-state index contributed by atoms with van der Waals surface area (Å²) in [6, 6.07) is 9.21. The molecule has 5 heteroatoms. The van der Waals surface area contributed by atoms with Crippen LogP contribution in [0.25, 0.3) is 0 Å². The molecule has 1 atom stereocenters. The fourth-order valence-corrected chi connectivity index (χ4v) is 2.57. The molecule has 4 N–H and O–H groups in total. The molecule has 2 amide bonds. The van der Waals surface area contributed by atoms with Gasteiger partial charge in [0.2, 0.25) is 11.8 Å². The highest BCUT2D eigenvalue weighted by Gasteiger charge is 2.28. The molecular weight excluding hydrogens is 254 g/mol. The van der Waals surface area contributed by atoms with Gasteiger partial charge >= 0.3 is 0 Å². The molecule has 1 heterocycles. The van der Waals surface area contributed by atoms with Crippen molar-refractivity contribution in [1.82, 2.24) is 4.90 Å². The number of nitrogens with zero attached hydrogens (tertiary/aromatic N) is 1. The van der Waals surface area contributed by atoms with E-state index in [9.17, 15) is 9.59 Å². The number of carbonyl (C=O) groups is 2. The van der Waals surface area contributed by atoms with Crippen molar-refractivity contribution in [1.29, 1.82) is 0 Å². The summed E-state index contributed by atoms with van der Waals surface area (Å²) in [5, 5.41) is 0. The van der Waals surface area contributed by atoms with Gasteiger partial charge in [-0.2, -0.15) is 0 Å². The average molecular weight is 275 g/mol. The molecular formula is C15H21N3O2. The van der Waals surface area contributed by atoms with Gasteiger partial charge in [-0.05, 0) is 24.8 Å². The largest absolute Gasteiger partial charge is 0.369 e. The Morgan fingerprint density at radius 3 is 2.35 bits per heavy atom. The lowest BCUT2D eigenvalue weighted by atomic mass is 9.95. The van der Waals surface area contributed by atoms with Gasteiger partial charge in [-0.3, -0.25) is 9.59 Å². The van der Waals surface area contributed by atoms with Crippen molar-refractivity contribution in [3.8, 4) is 0 Å². The molecule has 1 aromatic rings. The van der Waals surface area contributed by atoms with Crippen molar-refractivity contribution in [2.45, 2.75) is 25.3 Å². The third-order valence-electron chi connectivity index (χ3n) is 3.82. The minimum absolute atomic E-state index is 0.0447. The number of primary amides is 1. The number of hydrogen-bond donors (Lipinski definition) is 2. The van der Waals surface area contributed by atoms with E-state index in [1.165, 1.54) is 0 Å². The van der Waals surface area contributed by atoms with Crippen molar-refractivity contribution < 1.29 is 9.59 Å². The highest BCUT2D eigenvalue weighted by molar-refractivity contribution is 5.82. The van der Waals surface area contributed by atoms with E-state index >= 15 is 0 Å². The number of benzene rings is 1. The molecule has 1 unspecified atom stereocenters.